The molecule has 0 spiro atoms. The third-order valence-electron chi connectivity index (χ3n) is 21.7. The summed E-state index contributed by atoms with van der Waals surface area (Å²) in [6.07, 6.45) is 0. The van der Waals surface area contributed by atoms with Crippen molar-refractivity contribution in [3.63, 3.8) is 0 Å². The van der Waals surface area contributed by atoms with Crippen LogP contribution in [0.2, 0.25) is 0 Å². The molecule has 0 unspecified atom stereocenters. The predicted octanol–water partition coefficient (Wildman–Crippen LogP) is 24.8. The number of rotatable bonds is 6. The molecule has 0 radical (unpaired) electrons. The molecule has 0 N–H and O–H groups in total. The molecule has 108 heavy (non-hydrogen) atoms. The third kappa shape index (κ3) is 8.94. The first-order valence-electron chi connectivity index (χ1n) is 34.9. The molecule has 0 saturated carbocycles. The SMILES string of the molecule is [C-]#[N+]c1ccc(-c2c([N+]#[C-])cc(C#N)c(C#N)c2-n2c3ccccc3c3c4c(ccc32)-c2ccccc2C4(C)C)cc1-n1c2ccccc2c2ccccc21.[C-]#[N+]c1ccc(-c2cc(C#N)cc(C#N)c2-n2c3ccccc3c3c4c(ccc32)sc2ccccc24)c(C#N)c1-n1c2ccccc2c2ccccc21. The minimum absolute atomic E-state index is 0.132. The Morgan fingerprint density at radius 3 is 1.42 bits per heavy atom. The predicted molar refractivity (Wildman–Crippen MR) is 434 cm³/mol. The van der Waals surface area contributed by atoms with Gasteiger partial charge in [-0.15, -0.1) is 11.3 Å². The number of benzene rings is 14. The number of aromatic nitrogens is 4. The monoisotopic (exact) mass is 1390 g/mol. The molecule has 1 aliphatic carbocycles. The smallest absolute Gasteiger partial charge is 0.211 e. The molecule has 5 aromatic heterocycles. The zero-order valence-electron chi connectivity index (χ0n) is 57.7. The van der Waals surface area contributed by atoms with Gasteiger partial charge in [0.2, 0.25) is 11.4 Å². The van der Waals surface area contributed by atoms with Crippen LogP contribution in [0.5, 0.6) is 0 Å². The standard InChI is InChI=1S/C49H28N6.C46H22N6S/c1-49(2)37-17-9-5-13-31(37)34-22-24-43-46(47(34)49)35-16-8-12-20-42(35)55(43)48-36(28-51)30(27-50)25-39(53-4)45(48)29-21-23-38(52-3)44(26-29)54-40-18-10-6-14-32(40)33-15-7-11-19-41(33)54;1-50-36-19-18-29(35(26-49)46(36)51-37-14-6-2-10-30(37)31-11-3-7-15-38(31)51)34-23-27(24-47)22-28(25-48)45(34)52-39-16-8-4-12-32(39)43-40(52)20-21-42-44(43)33-13-5-9-17-41(33)53-42/h5-26H,1-2H3;2-23H. The summed E-state index contributed by atoms with van der Waals surface area (Å²) in [5, 5.41) is 64.3. The highest BCUT2D eigenvalue weighted by Gasteiger charge is 2.39. The van der Waals surface area contributed by atoms with Gasteiger partial charge in [-0.1, -0.05) is 196 Å². The Labute approximate surface area is 622 Å². The number of thiophene rings is 1. The first-order valence-corrected chi connectivity index (χ1v) is 35.7. The van der Waals surface area contributed by atoms with Crippen LogP contribution in [0.25, 0.3) is 178 Å². The van der Waals surface area contributed by atoms with Crippen LogP contribution in [-0.4, -0.2) is 18.3 Å². The van der Waals surface area contributed by atoms with Gasteiger partial charge in [-0.3, -0.25) is 0 Å². The summed E-state index contributed by atoms with van der Waals surface area (Å²) >= 11 is 1.75. The number of hydrogen-bond acceptors (Lipinski definition) is 6. The van der Waals surface area contributed by atoms with Crippen LogP contribution in [-0.2, 0) is 5.41 Å². The Hall–Kier alpha value is -15.6. The summed E-state index contributed by atoms with van der Waals surface area (Å²) in [6.45, 7) is 29.5. The first-order chi connectivity index (χ1) is 53.0. The average Bonchev–Trinajstić information content (AvgIpc) is 1.53. The molecule has 19 aromatic rings. The van der Waals surface area contributed by atoms with Crippen LogP contribution >= 0.6 is 11.3 Å². The summed E-state index contributed by atoms with van der Waals surface area (Å²) < 4.78 is 10.7. The van der Waals surface area contributed by atoms with Crippen molar-refractivity contribution in [2.45, 2.75) is 19.3 Å². The number of hydrogen-bond donors (Lipinski definition) is 0. The van der Waals surface area contributed by atoms with Gasteiger partial charge in [-0.05, 0) is 113 Å². The molecular formula is C95H50N12S. The molecule has 0 fully saturated rings. The van der Waals surface area contributed by atoms with E-state index < -0.39 is 0 Å². The van der Waals surface area contributed by atoms with Gasteiger partial charge in [-0.25, -0.2) is 14.5 Å². The Morgan fingerprint density at radius 1 is 0.333 bits per heavy atom. The fourth-order valence-electron chi connectivity index (χ4n) is 17.3. The maximum Gasteiger partial charge on any atom is 0.211 e. The zero-order valence-corrected chi connectivity index (χ0v) is 58.5. The molecule has 12 nitrogen and oxygen atoms in total. The number of fused-ring (bicyclic) bond motifs is 20. The molecule has 5 heterocycles. The van der Waals surface area contributed by atoms with E-state index in [2.05, 4.69) is 188 Å². The number of nitrogens with zero attached hydrogens (tertiary/aromatic N) is 12. The topological polar surface area (TPSA) is 152 Å². The van der Waals surface area contributed by atoms with Crippen LogP contribution in [0.4, 0.5) is 17.1 Å². The number of para-hydroxylation sites is 6. The van der Waals surface area contributed by atoms with E-state index in [0.717, 1.165) is 92.6 Å². The van der Waals surface area contributed by atoms with Crippen molar-refractivity contribution in [2.75, 3.05) is 0 Å². The Bertz CT molecular complexity index is 7550. The van der Waals surface area contributed by atoms with E-state index in [1.165, 1.54) is 43.1 Å². The second kappa shape index (κ2) is 24.3. The Balaban J connectivity index is 0.000000147. The lowest BCUT2D eigenvalue weighted by Crippen LogP contribution is -2.15. The van der Waals surface area contributed by atoms with Crippen LogP contribution in [0.1, 0.15) is 52.8 Å². The van der Waals surface area contributed by atoms with Gasteiger partial charge in [0.05, 0.1) is 127 Å². The van der Waals surface area contributed by atoms with E-state index >= 15 is 0 Å². The van der Waals surface area contributed by atoms with E-state index in [1.807, 2.05) is 120 Å². The van der Waals surface area contributed by atoms with E-state index in [4.69, 9.17) is 19.7 Å². The van der Waals surface area contributed by atoms with Gasteiger partial charge in [0.25, 0.3) is 0 Å². The summed E-state index contributed by atoms with van der Waals surface area (Å²) in [7, 11) is 0. The van der Waals surface area contributed by atoms with Crippen molar-refractivity contribution >= 4 is 136 Å². The van der Waals surface area contributed by atoms with Crippen molar-refractivity contribution in [1.29, 1.82) is 26.3 Å². The third-order valence-corrected chi connectivity index (χ3v) is 22.8. The second-order valence-electron chi connectivity index (χ2n) is 27.3. The summed E-state index contributed by atoms with van der Waals surface area (Å²) in [6, 6.07) is 99.9. The molecule has 0 amide bonds. The van der Waals surface area contributed by atoms with Crippen molar-refractivity contribution in [3.8, 4) is 86.5 Å². The molecule has 496 valence electrons. The molecular weight excluding hydrogens is 1340 g/mol. The van der Waals surface area contributed by atoms with E-state index in [9.17, 15) is 26.3 Å². The van der Waals surface area contributed by atoms with Crippen molar-refractivity contribution < 1.29 is 0 Å². The van der Waals surface area contributed by atoms with E-state index in [-0.39, 0.29) is 27.8 Å². The highest BCUT2D eigenvalue weighted by molar-refractivity contribution is 7.26. The molecule has 0 atom stereocenters. The van der Waals surface area contributed by atoms with Gasteiger partial charge in [-0.2, -0.15) is 26.3 Å². The van der Waals surface area contributed by atoms with Crippen molar-refractivity contribution in [2.24, 2.45) is 0 Å². The average molecular weight is 1390 g/mol. The summed E-state index contributed by atoms with van der Waals surface area (Å²) in [5.74, 6) is 0. The van der Waals surface area contributed by atoms with Gasteiger partial charge < -0.3 is 18.3 Å². The normalized spacial score (nSPS) is 12.0. The fraction of sp³-hybridized carbons (Fsp3) is 0.0316. The molecule has 0 bridgehead atoms. The Morgan fingerprint density at radius 2 is 0.824 bits per heavy atom. The van der Waals surface area contributed by atoms with Crippen molar-refractivity contribution in [3.05, 3.63) is 340 Å². The molecule has 0 saturated heterocycles. The molecule has 13 heteroatoms. The minimum Gasteiger partial charge on any atom is -0.319 e. The van der Waals surface area contributed by atoms with Gasteiger partial charge in [0.1, 0.15) is 18.2 Å². The van der Waals surface area contributed by atoms with Crippen LogP contribution in [0.3, 0.4) is 0 Å². The lowest BCUT2D eigenvalue weighted by Gasteiger charge is -2.23. The maximum atomic E-state index is 11.1. The highest BCUT2D eigenvalue weighted by Crippen LogP contribution is 2.55. The maximum absolute atomic E-state index is 11.1. The molecule has 14 aromatic carbocycles. The zero-order chi connectivity index (χ0) is 73.4. The lowest BCUT2D eigenvalue weighted by atomic mass is 9.80. The molecule has 1 aliphatic rings. The molecule has 0 aliphatic heterocycles. The van der Waals surface area contributed by atoms with Crippen LogP contribution < -0.4 is 0 Å². The first kappa shape index (κ1) is 63.4. The quantitative estimate of drug-likeness (QED) is 0.152. The van der Waals surface area contributed by atoms with Crippen LogP contribution in [0.15, 0.2) is 267 Å². The number of nitriles is 5. The van der Waals surface area contributed by atoms with E-state index in [0.29, 0.717) is 67.5 Å². The van der Waals surface area contributed by atoms with Gasteiger partial charge in [0, 0.05) is 85.4 Å². The van der Waals surface area contributed by atoms with Crippen LogP contribution in [0, 0.1) is 76.4 Å². The second-order valence-corrected chi connectivity index (χ2v) is 28.4. The largest absolute Gasteiger partial charge is 0.319 e. The minimum atomic E-state index is -0.315. The lowest BCUT2D eigenvalue weighted by molar-refractivity contribution is 0.666. The van der Waals surface area contributed by atoms with E-state index in [1.54, 1.807) is 41.7 Å². The van der Waals surface area contributed by atoms with Crippen molar-refractivity contribution in [1.82, 2.24) is 18.3 Å². The summed E-state index contributed by atoms with van der Waals surface area (Å²) in [4.78, 5) is 11.9. The molecule has 20 rings (SSSR count). The van der Waals surface area contributed by atoms with Gasteiger partial charge >= 0.3 is 0 Å². The highest BCUT2D eigenvalue weighted by atomic mass is 32.1. The summed E-state index contributed by atoms with van der Waals surface area (Å²) in [5.41, 5.74) is 18.3. The Kier molecular flexibility index (Phi) is 14.2. The van der Waals surface area contributed by atoms with Gasteiger partial charge in [0.15, 0.2) is 5.69 Å². The fourth-order valence-corrected chi connectivity index (χ4v) is 18.4.